The zero-order valence-electron chi connectivity index (χ0n) is 16.6. The summed E-state index contributed by atoms with van der Waals surface area (Å²) in [4.78, 5) is 7.68. The van der Waals surface area contributed by atoms with Crippen molar-refractivity contribution in [2.45, 2.75) is 50.9 Å². The van der Waals surface area contributed by atoms with Crippen LogP contribution in [0.2, 0.25) is 0 Å². The summed E-state index contributed by atoms with van der Waals surface area (Å²) < 4.78 is 5.68. The maximum absolute atomic E-state index is 5.68. The first-order valence-corrected chi connectivity index (χ1v) is 10.4. The van der Waals surface area contributed by atoms with E-state index in [4.69, 9.17) is 9.73 Å². The topological polar surface area (TPSA) is 36.9 Å². The summed E-state index contributed by atoms with van der Waals surface area (Å²) in [6, 6.07) is 11.0. The lowest BCUT2D eigenvalue weighted by molar-refractivity contribution is 0.0530. The Hall–Kier alpha value is -0.820. The Labute approximate surface area is 181 Å². The van der Waals surface area contributed by atoms with Gasteiger partial charge >= 0.3 is 0 Å². The van der Waals surface area contributed by atoms with Crippen molar-refractivity contribution in [3.8, 4) is 0 Å². The Balaban J connectivity index is 0.00000210. The molecule has 4 rings (SSSR count). The summed E-state index contributed by atoms with van der Waals surface area (Å²) >= 11 is 0. The third kappa shape index (κ3) is 4.44. The third-order valence-corrected chi connectivity index (χ3v) is 6.85. The molecule has 5 heteroatoms. The third-order valence-electron chi connectivity index (χ3n) is 6.85. The predicted octanol–water partition coefficient (Wildman–Crippen LogP) is 4.19. The fourth-order valence-corrected chi connectivity index (χ4v) is 4.94. The van der Waals surface area contributed by atoms with Gasteiger partial charge in [-0.2, -0.15) is 0 Å². The lowest BCUT2D eigenvalue weighted by Gasteiger charge is -2.39. The normalized spacial score (nSPS) is 23.6. The van der Waals surface area contributed by atoms with Gasteiger partial charge in [-0.15, -0.1) is 24.0 Å². The van der Waals surface area contributed by atoms with Gasteiger partial charge < -0.3 is 15.0 Å². The number of ether oxygens (including phenoxy) is 1. The second-order valence-electron chi connectivity index (χ2n) is 8.45. The monoisotopic (exact) mass is 483 g/mol. The van der Waals surface area contributed by atoms with E-state index < -0.39 is 0 Å². The van der Waals surface area contributed by atoms with Gasteiger partial charge in [-0.25, -0.2) is 0 Å². The van der Waals surface area contributed by atoms with Crippen molar-refractivity contribution in [2.24, 2.45) is 10.4 Å². The minimum Gasteiger partial charge on any atom is -0.381 e. The van der Waals surface area contributed by atoms with Crippen LogP contribution in [0.1, 0.15) is 51.0 Å². The Morgan fingerprint density at radius 1 is 1.11 bits per heavy atom. The van der Waals surface area contributed by atoms with Crippen LogP contribution in [0.5, 0.6) is 0 Å². The van der Waals surface area contributed by atoms with Crippen LogP contribution in [0.15, 0.2) is 35.3 Å². The molecule has 1 aromatic carbocycles. The number of halogens is 1. The first-order chi connectivity index (χ1) is 12.8. The van der Waals surface area contributed by atoms with Gasteiger partial charge in [0.25, 0.3) is 0 Å². The number of hydrogen-bond acceptors (Lipinski definition) is 2. The molecule has 2 heterocycles. The van der Waals surface area contributed by atoms with E-state index in [2.05, 4.69) is 47.5 Å². The molecule has 150 valence electrons. The molecule has 4 nitrogen and oxygen atoms in total. The number of guanidine groups is 1. The summed E-state index contributed by atoms with van der Waals surface area (Å²) in [5.74, 6) is 1.12. The van der Waals surface area contributed by atoms with E-state index in [9.17, 15) is 0 Å². The average molecular weight is 483 g/mol. The lowest BCUT2D eigenvalue weighted by Crippen LogP contribution is -2.44. The fourth-order valence-electron chi connectivity index (χ4n) is 4.94. The Morgan fingerprint density at radius 2 is 1.85 bits per heavy atom. The molecule has 0 atom stereocenters. The van der Waals surface area contributed by atoms with Crippen LogP contribution < -0.4 is 5.32 Å². The highest BCUT2D eigenvalue weighted by Crippen LogP contribution is 2.48. The van der Waals surface area contributed by atoms with Crippen LogP contribution in [-0.2, 0) is 10.2 Å². The summed E-state index contributed by atoms with van der Waals surface area (Å²) in [6.07, 6.45) is 7.70. The van der Waals surface area contributed by atoms with Crippen LogP contribution >= 0.6 is 24.0 Å². The van der Waals surface area contributed by atoms with Crippen LogP contribution in [0.4, 0.5) is 0 Å². The molecular weight excluding hydrogens is 449 g/mol. The first kappa shape index (κ1) is 20.9. The predicted molar refractivity (Wildman–Crippen MR) is 122 cm³/mol. The maximum atomic E-state index is 5.68. The SMILES string of the molecule is CCNC(=NCC1(c2ccccc2)CCOCC1)N1CCC2(CCC2)C1.I. The average Bonchev–Trinajstić information content (AvgIpc) is 3.13. The quantitative estimate of drug-likeness (QED) is 0.397. The summed E-state index contributed by atoms with van der Waals surface area (Å²) in [7, 11) is 0. The minimum atomic E-state index is 0. The fraction of sp³-hybridized carbons (Fsp3) is 0.682. The highest BCUT2D eigenvalue weighted by molar-refractivity contribution is 14.0. The number of hydrogen-bond donors (Lipinski definition) is 1. The van der Waals surface area contributed by atoms with Gasteiger partial charge in [0.15, 0.2) is 5.96 Å². The smallest absolute Gasteiger partial charge is 0.193 e. The number of aliphatic imine (C=N–C) groups is 1. The molecule has 1 spiro atoms. The van der Waals surface area contributed by atoms with Crippen LogP contribution in [0, 0.1) is 5.41 Å². The van der Waals surface area contributed by atoms with E-state index in [-0.39, 0.29) is 29.4 Å². The van der Waals surface area contributed by atoms with Crippen molar-refractivity contribution in [3.05, 3.63) is 35.9 Å². The van der Waals surface area contributed by atoms with Gasteiger partial charge in [-0.1, -0.05) is 36.8 Å². The van der Waals surface area contributed by atoms with Crippen molar-refractivity contribution >= 4 is 29.9 Å². The molecule has 1 aliphatic carbocycles. The lowest BCUT2D eigenvalue weighted by atomic mass is 9.68. The van der Waals surface area contributed by atoms with Gasteiger partial charge in [0.2, 0.25) is 0 Å². The molecule has 3 fully saturated rings. The zero-order chi connectivity index (χ0) is 17.9. The van der Waals surface area contributed by atoms with Crippen molar-refractivity contribution in [1.29, 1.82) is 0 Å². The largest absolute Gasteiger partial charge is 0.381 e. The van der Waals surface area contributed by atoms with Gasteiger partial charge in [0.1, 0.15) is 0 Å². The van der Waals surface area contributed by atoms with Gasteiger partial charge in [0.05, 0.1) is 6.54 Å². The highest BCUT2D eigenvalue weighted by atomic mass is 127. The molecule has 0 unspecified atom stereocenters. The summed E-state index contributed by atoms with van der Waals surface area (Å²) in [5.41, 5.74) is 2.14. The summed E-state index contributed by atoms with van der Waals surface area (Å²) in [6.45, 7) is 8.00. The Kier molecular flexibility index (Phi) is 7.06. The van der Waals surface area contributed by atoms with Crippen LogP contribution in [0.25, 0.3) is 0 Å². The number of nitrogens with one attached hydrogen (secondary N) is 1. The number of likely N-dealkylation sites (tertiary alicyclic amines) is 1. The van der Waals surface area contributed by atoms with Crippen molar-refractivity contribution in [3.63, 3.8) is 0 Å². The number of nitrogens with zero attached hydrogens (tertiary/aromatic N) is 2. The van der Waals surface area contributed by atoms with Gasteiger partial charge in [-0.3, -0.25) is 4.99 Å². The van der Waals surface area contributed by atoms with E-state index in [1.807, 2.05) is 0 Å². The molecule has 3 aliphatic rings. The molecule has 2 saturated heterocycles. The van der Waals surface area contributed by atoms with Crippen molar-refractivity contribution in [2.75, 3.05) is 39.4 Å². The molecule has 2 aliphatic heterocycles. The highest BCUT2D eigenvalue weighted by Gasteiger charge is 2.43. The number of benzene rings is 1. The van der Waals surface area contributed by atoms with Gasteiger partial charge in [0, 0.05) is 38.3 Å². The van der Waals surface area contributed by atoms with E-state index in [1.165, 1.54) is 37.8 Å². The van der Waals surface area contributed by atoms with Gasteiger partial charge in [-0.05, 0) is 50.0 Å². The molecule has 1 saturated carbocycles. The van der Waals surface area contributed by atoms with Crippen molar-refractivity contribution in [1.82, 2.24) is 10.2 Å². The van der Waals surface area contributed by atoms with E-state index in [0.29, 0.717) is 5.41 Å². The minimum absolute atomic E-state index is 0. The number of rotatable bonds is 4. The van der Waals surface area contributed by atoms with E-state index in [0.717, 1.165) is 51.6 Å². The second kappa shape index (κ2) is 9.12. The molecule has 0 amide bonds. The standard InChI is InChI=1S/C22H33N3O.HI/c1-2-23-20(25-14-11-21(18-25)9-6-10-21)24-17-22(12-15-26-16-13-22)19-7-4-3-5-8-19;/h3-5,7-8H,2,6,9-18H2,1H3,(H,23,24);1H. The zero-order valence-corrected chi connectivity index (χ0v) is 18.9. The van der Waals surface area contributed by atoms with E-state index >= 15 is 0 Å². The van der Waals surface area contributed by atoms with Crippen molar-refractivity contribution < 1.29 is 4.74 Å². The molecule has 0 aromatic heterocycles. The molecule has 1 aromatic rings. The molecule has 1 N–H and O–H groups in total. The molecule has 0 radical (unpaired) electrons. The van der Waals surface area contributed by atoms with Crippen LogP contribution in [0.3, 0.4) is 0 Å². The maximum Gasteiger partial charge on any atom is 0.193 e. The summed E-state index contributed by atoms with van der Waals surface area (Å²) in [5, 5.41) is 3.56. The Morgan fingerprint density at radius 3 is 2.44 bits per heavy atom. The molecular formula is C22H34IN3O. The second-order valence-corrected chi connectivity index (χ2v) is 8.45. The molecule has 0 bridgehead atoms. The Bertz CT molecular complexity index is 624. The first-order valence-electron chi connectivity index (χ1n) is 10.4. The van der Waals surface area contributed by atoms with Crippen LogP contribution in [-0.4, -0.2) is 50.3 Å². The molecule has 27 heavy (non-hydrogen) atoms. The van der Waals surface area contributed by atoms with E-state index in [1.54, 1.807) is 0 Å².